The normalized spacial score (nSPS) is 11.1. The van der Waals surface area contributed by atoms with Gasteiger partial charge < -0.3 is 0 Å². The molecule has 0 saturated heterocycles. The maximum atomic E-state index is 13.2. The summed E-state index contributed by atoms with van der Waals surface area (Å²) in [7, 11) is 0. The Morgan fingerprint density at radius 3 is 2.35 bits per heavy atom. The second-order valence-electron chi connectivity index (χ2n) is 6.16. The van der Waals surface area contributed by atoms with Gasteiger partial charge >= 0.3 is 0 Å². The average molecular weight is 345 g/mol. The van der Waals surface area contributed by atoms with E-state index in [0.29, 0.717) is 30.1 Å². The molecule has 130 valence electrons. The predicted octanol–water partition coefficient (Wildman–Crippen LogP) is 3.11. The monoisotopic (exact) mass is 345 g/mol. The van der Waals surface area contributed by atoms with Gasteiger partial charge in [0.05, 0.1) is 6.54 Å². The molecule has 0 spiro atoms. The minimum atomic E-state index is -0.167. The van der Waals surface area contributed by atoms with Gasteiger partial charge in [0.2, 0.25) is 0 Å². The van der Waals surface area contributed by atoms with Crippen molar-refractivity contribution in [3.8, 4) is 11.4 Å². The fraction of sp³-hybridized carbons (Fsp3) is 0.200. The van der Waals surface area contributed by atoms with Gasteiger partial charge in [-0.2, -0.15) is 0 Å². The number of aryl methyl sites for hydroxylation is 1. The van der Waals surface area contributed by atoms with Gasteiger partial charge in [0.15, 0.2) is 11.2 Å². The van der Waals surface area contributed by atoms with E-state index in [4.69, 9.17) is 4.98 Å². The molecule has 0 saturated carbocycles. The summed E-state index contributed by atoms with van der Waals surface area (Å²) in [5, 5.41) is 8.21. The number of nitrogens with zero attached hydrogens (tertiary/aromatic N) is 5. The lowest BCUT2D eigenvalue weighted by molar-refractivity contribution is 0.591. The zero-order chi connectivity index (χ0) is 17.9. The van der Waals surface area contributed by atoms with Gasteiger partial charge in [0.25, 0.3) is 5.56 Å². The number of rotatable bonds is 5. The number of hydrogen-bond donors (Lipinski definition) is 0. The molecular weight excluding hydrogens is 326 g/mol. The fourth-order valence-corrected chi connectivity index (χ4v) is 3.02. The van der Waals surface area contributed by atoms with E-state index < -0.39 is 0 Å². The Labute approximate surface area is 150 Å². The quantitative estimate of drug-likeness (QED) is 0.557. The lowest BCUT2D eigenvalue weighted by Gasteiger charge is -2.12. The first kappa shape index (κ1) is 16.2. The van der Waals surface area contributed by atoms with Crippen molar-refractivity contribution in [3.63, 3.8) is 0 Å². The van der Waals surface area contributed by atoms with Crippen LogP contribution in [0.3, 0.4) is 0 Å². The summed E-state index contributed by atoms with van der Waals surface area (Å²) in [6.07, 6.45) is 0.897. The topological polar surface area (TPSA) is 65.6 Å². The maximum absolute atomic E-state index is 13.2. The molecule has 0 radical (unpaired) electrons. The Hall–Kier alpha value is -3.28. The van der Waals surface area contributed by atoms with E-state index in [1.807, 2.05) is 60.7 Å². The van der Waals surface area contributed by atoms with Gasteiger partial charge in [-0.1, -0.05) is 72.8 Å². The molecule has 0 atom stereocenters. The smallest absolute Gasteiger partial charge is 0.284 e. The summed E-state index contributed by atoms with van der Waals surface area (Å²) in [4.78, 5) is 17.9. The van der Waals surface area contributed by atoms with Crippen LogP contribution < -0.4 is 5.56 Å². The Morgan fingerprint density at radius 2 is 1.65 bits per heavy atom. The van der Waals surface area contributed by atoms with Crippen LogP contribution in [0.25, 0.3) is 22.6 Å². The van der Waals surface area contributed by atoms with E-state index in [2.05, 4.69) is 17.2 Å². The molecule has 0 fully saturated rings. The molecule has 4 aromatic rings. The third-order valence-electron chi connectivity index (χ3n) is 4.28. The van der Waals surface area contributed by atoms with Gasteiger partial charge in [-0.3, -0.25) is 9.36 Å². The lowest BCUT2D eigenvalue weighted by Crippen LogP contribution is -2.24. The molecule has 0 aliphatic carbocycles. The Morgan fingerprint density at radius 1 is 0.962 bits per heavy atom. The van der Waals surface area contributed by atoms with E-state index in [1.165, 1.54) is 0 Å². The van der Waals surface area contributed by atoms with Gasteiger partial charge in [0.1, 0.15) is 5.82 Å². The van der Waals surface area contributed by atoms with E-state index in [1.54, 1.807) is 9.25 Å². The van der Waals surface area contributed by atoms with Crippen LogP contribution in [0, 0.1) is 0 Å². The van der Waals surface area contributed by atoms with Crippen LogP contribution in [0.2, 0.25) is 0 Å². The van der Waals surface area contributed by atoms with E-state index in [9.17, 15) is 4.79 Å². The fourth-order valence-electron chi connectivity index (χ4n) is 3.02. The molecule has 6 nitrogen and oxygen atoms in total. The molecule has 4 rings (SSSR count). The highest BCUT2D eigenvalue weighted by Gasteiger charge is 2.17. The summed E-state index contributed by atoms with van der Waals surface area (Å²) in [5.74, 6) is 0.631. The molecule has 0 bridgehead atoms. The van der Waals surface area contributed by atoms with Crippen LogP contribution in [-0.4, -0.2) is 24.5 Å². The summed E-state index contributed by atoms with van der Waals surface area (Å²) < 4.78 is 3.38. The highest BCUT2D eigenvalue weighted by Crippen LogP contribution is 2.19. The first-order valence-electron chi connectivity index (χ1n) is 8.71. The van der Waals surface area contributed by atoms with E-state index in [-0.39, 0.29) is 5.56 Å². The van der Waals surface area contributed by atoms with Crippen molar-refractivity contribution >= 4 is 11.2 Å². The maximum Gasteiger partial charge on any atom is 0.284 e. The molecule has 2 heterocycles. The molecule has 2 aromatic carbocycles. The second kappa shape index (κ2) is 6.92. The molecule has 0 unspecified atom stereocenters. The standard InChI is InChI=1S/C20H19N5O/c1-2-13-25-19-17(22-23-25)20(26)24(14-15-9-5-3-6-10-15)18(21-19)16-11-7-4-8-12-16/h3-12H,2,13-14H2,1H3. The molecular formula is C20H19N5O. The highest BCUT2D eigenvalue weighted by molar-refractivity contribution is 5.72. The molecule has 26 heavy (non-hydrogen) atoms. The summed E-state index contributed by atoms with van der Waals surface area (Å²) >= 11 is 0. The third kappa shape index (κ3) is 2.90. The predicted molar refractivity (Wildman–Crippen MR) is 101 cm³/mol. The van der Waals surface area contributed by atoms with Crippen molar-refractivity contribution in [2.45, 2.75) is 26.4 Å². The molecule has 6 heteroatoms. The van der Waals surface area contributed by atoms with Crippen LogP contribution in [0.1, 0.15) is 18.9 Å². The van der Waals surface area contributed by atoms with E-state index >= 15 is 0 Å². The summed E-state index contributed by atoms with van der Waals surface area (Å²) in [5.41, 5.74) is 2.62. The average Bonchev–Trinajstić information content (AvgIpc) is 3.09. The first-order valence-corrected chi connectivity index (χ1v) is 8.71. The van der Waals surface area contributed by atoms with Crippen LogP contribution in [0.5, 0.6) is 0 Å². The zero-order valence-corrected chi connectivity index (χ0v) is 14.5. The Kier molecular flexibility index (Phi) is 4.31. The Bertz CT molecular complexity index is 1080. The minimum Gasteiger partial charge on any atom is -0.286 e. The van der Waals surface area contributed by atoms with Crippen molar-refractivity contribution in [2.75, 3.05) is 0 Å². The van der Waals surface area contributed by atoms with Crippen LogP contribution in [0.4, 0.5) is 0 Å². The lowest BCUT2D eigenvalue weighted by atomic mass is 10.2. The van der Waals surface area contributed by atoms with Gasteiger partial charge in [-0.05, 0) is 12.0 Å². The van der Waals surface area contributed by atoms with E-state index in [0.717, 1.165) is 17.5 Å². The van der Waals surface area contributed by atoms with Gasteiger partial charge in [-0.25, -0.2) is 9.67 Å². The second-order valence-corrected chi connectivity index (χ2v) is 6.16. The Balaban J connectivity index is 1.96. The summed E-state index contributed by atoms with van der Waals surface area (Å²) in [6, 6.07) is 19.6. The number of fused-ring (bicyclic) bond motifs is 1. The number of benzene rings is 2. The molecule has 0 aliphatic rings. The first-order chi connectivity index (χ1) is 12.8. The van der Waals surface area contributed by atoms with Crippen LogP contribution in [-0.2, 0) is 13.1 Å². The third-order valence-corrected chi connectivity index (χ3v) is 4.28. The van der Waals surface area contributed by atoms with Crippen molar-refractivity contribution in [1.29, 1.82) is 0 Å². The van der Waals surface area contributed by atoms with Crippen molar-refractivity contribution in [3.05, 3.63) is 76.6 Å². The van der Waals surface area contributed by atoms with Crippen LogP contribution >= 0.6 is 0 Å². The molecule has 0 amide bonds. The van der Waals surface area contributed by atoms with Crippen molar-refractivity contribution < 1.29 is 0 Å². The van der Waals surface area contributed by atoms with Crippen molar-refractivity contribution in [1.82, 2.24) is 24.5 Å². The van der Waals surface area contributed by atoms with Crippen LogP contribution in [0.15, 0.2) is 65.5 Å². The zero-order valence-electron chi connectivity index (χ0n) is 14.5. The van der Waals surface area contributed by atoms with Gasteiger partial charge in [0, 0.05) is 12.1 Å². The number of hydrogen-bond acceptors (Lipinski definition) is 4. The summed E-state index contributed by atoms with van der Waals surface area (Å²) in [6.45, 7) is 3.18. The largest absolute Gasteiger partial charge is 0.286 e. The highest BCUT2D eigenvalue weighted by atomic mass is 16.1. The minimum absolute atomic E-state index is 0.167. The SMILES string of the molecule is CCCn1nnc2c(=O)n(Cc3ccccc3)c(-c3ccccc3)nc21. The molecule has 0 aliphatic heterocycles. The van der Waals surface area contributed by atoms with Crippen molar-refractivity contribution in [2.24, 2.45) is 0 Å². The number of aromatic nitrogens is 5. The molecule has 0 N–H and O–H groups in total. The molecule has 2 aromatic heterocycles. The van der Waals surface area contributed by atoms with Gasteiger partial charge in [-0.15, -0.1) is 5.10 Å².